The standard InChI is InChI=1S/C15H21BrN2/c1-18-8-7-17-10-15(18)14-4-2-3-11-9-12(16)5-6-13(11)14/h5-6,9,14-15,17H,2-4,7-8,10H2,1H3. The summed E-state index contributed by atoms with van der Waals surface area (Å²) < 4.78 is 1.22. The van der Waals surface area contributed by atoms with Crippen LogP contribution in [0, 0.1) is 0 Å². The van der Waals surface area contributed by atoms with Gasteiger partial charge in [0, 0.05) is 36.1 Å². The van der Waals surface area contributed by atoms with E-state index in [9.17, 15) is 0 Å². The number of fused-ring (bicyclic) bond motifs is 1. The lowest BCUT2D eigenvalue weighted by atomic mass is 9.78. The second-order valence-corrected chi connectivity index (χ2v) is 6.51. The number of nitrogens with one attached hydrogen (secondary N) is 1. The third-order valence-electron chi connectivity index (χ3n) is 4.49. The molecule has 1 aromatic rings. The third kappa shape index (κ3) is 2.36. The molecule has 1 aromatic carbocycles. The molecule has 0 radical (unpaired) electrons. The van der Waals surface area contributed by atoms with Crippen LogP contribution >= 0.6 is 15.9 Å². The first-order valence-corrected chi connectivity index (χ1v) is 7.74. The summed E-state index contributed by atoms with van der Waals surface area (Å²) in [5.41, 5.74) is 3.14. The zero-order valence-corrected chi connectivity index (χ0v) is 12.5. The van der Waals surface area contributed by atoms with Gasteiger partial charge in [0.2, 0.25) is 0 Å². The lowest BCUT2D eigenvalue weighted by molar-refractivity contribution is 0.164. The Hall–Kier alpha value is -0.380. The molecule has 1 saturated heterocycles. The zero-order chi connectivity index (χ0) is 12.5. The first-order chi connectivity index (χ1) is 8.75. The summed E-state index contributed by atoms with van der Waals surface area (Å²) in [5.74, 6) is 0.708. The lowest BCUT2D eigenvalue weighted by Gasteiger charge is -2.41. The predicted octanol–water partition coefficient (Wildman–Crippen LogP) is 2.77. The van der Waals surface area contributed by atoms with Crippen molar-refractivity contribution in [3.05, 3.63) is 33.8 Å². The number of hydrogen-bond acceptors (Lipinski definition) is 2. The van der Waals surface area contributed by atoms with E-state index in [4.69, 9.17) is 0 Å². The predicted molar refractivity (Wildman–Crippen MR) is 79.1 cm³/mol. The number of piperazine rings is 1. The molecule has 98 valence electrons. The van der Waals surface area contributed by atoms with Gasteiger partial charge in [-0.25, -0.2) is 0 Å². The highest BCUT2D eigenvalue weighted by atomic mass is 79.9. The zero-order valence-electron chi connectivity index (χ0n) is 11.0. The first-order valence-electron chi connectivity index (χ1n) is 6.95. The van der Waals surface area contributed by atoms with Crippen LogP contribution in [0.2, 0.25) is 0 Å². The molecule has 3 rings (SSSR count). The van der Waals surface area contributed by atoms with Crippen molar-refractivity contribution in [1.29, 1.82) is 0 Å². The quantitative estimate of drug-likeness (QED) is 0.858. The van der Waals surface area contributed by atoms with Crippen molar-refractivity contribution in [1.82, 2.24) is 10.2 Å². The highest BCUT2D eigenvalue weighted by molar-refractivity contribution is 9.10. The van der Waals surface area contributed by atoms with E-state index < -0.39 is 0 Å². The molecular weight excluding hydrogens is 288 g/mol. The largest absolute Gasteiger partial charge is 0.314 e. The molecule has 1 fully saturated rings. The normalized spacial score (nSPS) is 29.0. The molecule has 0 amide bonds. The van der Waals surface area contributed by atoms with E-state index in [1.165, 1.54) is 30.3 Å². The molecule has 2 nitrogen and oxygen atoms in total. The molecule has 1 N–H and O–H groups in total. The van der Waals surface area contributed by atoms with Crippen LogP contribution in [0.1, 0.15) is 29.9 Å². The van der Waals surface area contributed by atoms with Gasteiger partial charge in [0.15, 0.2) is 0 Å². The van der Waals surface area contributed by atoms with Gasteiger partial charge >= 0.3 is 0 Å². The summed E-state index contributed by atoms with van der Waals surface area (Å²) in [6.45, 7) is 3.44. The van der Waals surface area contributed by atoms with Gasteiger partial charge in [0.25, 0.3) is 0 Å². The average molecular weight is 309 g/mol. The number of likely N-dealkylation sites (N-methyl/N-ethyl adjacent to an activating group) is 1. The topological polar surface area (TPSA) is 15.3 Å². The second-order valence-electron chi connectivity index (χ2n) is 5.59. The van der Waals surface area contributed by atoms with Crippen LogP contribution in [0.5, 0.6) is 0 Å². The molecule has 2 unspecified atom stereocenters. The maximum atomic E-state index is 3.60. The summed E-state index contributed by atoms with van der Waals surface area (Å²) >= 11 is 3.60. The van der Waals surface area contributed by atoms with Crippen molar-refractivity contribution in [3.8, 4) is 0 Å². The summed E-state index contributed by atoms with van der Waals surface area (Å²) in [5, 5.41) is 3.55. The van der Waals surface area contributed by atoms with Crippen molar-refractivity contribution in [2.75, 3.05) is 26.7 Å². The van der Waals surface area contributed by atoms with E-state index >= 15 is 0 Å². The molecule has 1 aliphatic carbocycles. The third-order valence-corrected chi connectivity index (χ3v) is 4.98. The van der Waals surface area contributed by atoms with Crippen LogP contribution in [0.15, 0.2) is 22.7 Å². The number of halogens is 1. The Morgan fingerprint density at radius 1 is 1.39 bits per heavy atom. The Morgan fingerprint density at radius 2 is 2.28 bits per heavy atom. The number of rotatable bonds is 1. The minimum atomic E-state index is 0.666. The number of nitrogens with zero attached hydrogens (tertiary/aromatic N) is 1. The van der Waals surface area contributed by atoms with Crippen molar-refractivity contribution < 1.29 is 0 Å². The van der Waals surface area contributed by atoms with E-state index in [1.807, 2.05) is 0 Å². The lowest BCUT2D eigenvalue weighted by Crippen LogP contribution is -2.52. The molecular formula is C15H21BrN2. The van der Waals surface area contributed by atoms with Crippen molar-refractivity contribution in [3.63, 3.8) is 0 Å². The smallest absolute Gasteiger partial charge is 0.0286 e. The van der Waals surface area contributed by atoms with Gasteiger partial charge < -0.3 is 10.2 Å². The van der Waals surface area contributed by atoms with E-state index in [2.05, 4.69) is 51.4 Å². The van der Waals surface area contributed by atoms with Crippen LogP contribution in [0.3, 0.4) is 0 Å². The van der Waals surface area contributed by atoms with Crippen LogP contribution in [-0.2, 0) is 6.42 Å². The molecule has 1 heterocycles. The fourth-order valence-electron chi connectivity index (χ4n) is 3.50. The number of aryl methyl sites for hydroxylation is 1. The van der Waals surface area contributed by atoms with Crippen molar-refractivity contribution in [2.45, 2.75) is 31.2 Å². The maximum Gasteiger partial charge on any atom is 0.0286 e. The van der Waals surface area contributed by atoms with Crippen LogP contribution in [0.4, 0.5) is 0 Å². The molecule has 0 aromatic heterocycles. The molecule has 0 spiro atoms. The fourth-order valence-corrected chi connectivity index (χ4v) is 3.91. The van der Waals surface area contributed by atoms with Gasteiger partial charge in [-0.3, -0.25) is 0 Å². The SMILES string of the molecule is CN1CCNCC1C1CCCc2cc(Br)ccc21. The second kappa shape index (κ2) is 5.32. The number of hydrogen-bond donors (Lipinski definition) is 1. The van der Waals surface area contributed by atoms with Gasteiger partial charge in [0.05, 0.1) is 0 Å². The van der Waals surface area contributed by atoms with Gasteiger partial charge in [-0.15, -0.1) is 0 Å². The van der Waals surface area contributed by atoms with E-state index in [1.54, 1.807) is 11.1 Å². The van der Waals surface area contributed by atoms with E-state index in [0.717, 1.165) is 13.1 Å². The van der Waals surface area contributed by atoms with Crippen molar-refractivity contribution >= 4 is 15.9 Å². The molecule has 3 heteroatoms. The average Bonchev–Trinajstić information content (AvgIpc) is 2.38. The summed E-state index contributed by atoms with van der Waals surface area (Å²) in [6.07, 6.45) is 3.92. The Labute approximate surface area is 118 Å². The summed E-state index contributed by atoms with van der Waals surface area (Å²) in [6, 6.07) is 7.52. The van der Waals surface area contributed by atoms with Crippen LogP contribution in [-0.4, -0.2) is 37.6 Å². The Kier molecular flexibility index (Phi) is 3.73. The fraction of sp³-hybridized carbons (Fsp3) is 0.600. The van der Waals surface area contributed by atoms with Gasteiger partial charge in [-0.2, -0.15) is 0 Å². The molecule has 1 aliphatic heterocycles. The molecule has 2 aliphatic rings. The monoisotopic (exact) mass is 308 g/mol. The van der Waals surface area contributed by atoms with Crippen LogP contribution < -0.4 is 5.32 Å². The first kappa shape index (κ1) is 12.6. The minimum absolute atomic E-state index is 0.666. The molecule has 0 bridgehead atoms. The summed E-state index contributed by atoms with van der Waals surface area (Å²) in [4.78, 5) is 2.54. The van der Waals surface area contributed by atoms with E-state index in [0.29, 0.717) is 12.0 Å². The number of benzene rings is 1. The Bertz CT molecular complexity index is 433. The molecule has 0 saturated carbocycles. The van der Waals surface area contributed by atoms with Crippen molar-refractivity contribution in [2.24, 2.45) is 0 Å². The minimum Gasteiger partial charge on any atom is -0.314 e. The Balaban J connectivity index is 1.90. The highest BCUT2D eigenvalue weighted by Crippen LogP contribution is 2.37. The highest BCUT2D eigenvalue weighted by Gasteiger charge is 2.31. The van der Waals surface area contributed by atoms with Gasteiger partial charge in [0.1, 0.15) is 0 Å². The van der Waals surface area contributed by atoms with Gasteiger partial charge in [-0.1, -0.05) is 22.0 Å². The van der Waals surface area contributed by atoms with Crippen LogP contribution in [0.25, 0.3) is 0 Å². The van der Waals surface area contributed by atoms with E-state index in [-0.39, 0.29) is 0 Å². The maximum absolute atomic E-state index is 3.60. The molecule has 2 atom stereocenters. The molecule has 18 heavy (non-hydrogen) atoms. The van der Waals surface area contributed by atoms with Gasteiger partial charge in [-0.05, 0) is 49.6 Å². The Morgan fingerprint density at radius 3 is 3.11 bits per heavy atom. The summed E-state index contributed by atoms with van der Waals surface area (Å²) in [7, 11) is 2.28.